The number of ether oxygens (including phenoxy) is 1. The molecular weight excluding hydrogens is 290 g/mol. The minimum atomic E-state index is -3.51. The van der Waals surface area contributed by atoms with Crippen LogP contribution in [0.1, 0.15) is 38.7 Å². The van der Waals surface area contributed by atoms with Gasteiger partial charge >= 0.3 is 5.97 Å². The van der Waals surface area contributed by atoms with Crippen LogP contribution in [0.15, 0.2) is 29.2 Å². The molecule has 118 valence electrons. The second-order valence-electron chi connectivity index (χ2n) is 4.91. The third-order valence-electron chi connectivity index (χ3n) is 3.26. The average Bonchev–Trinajstić information content (AvgIpc) is 2.47. The first kappa shape index (κ1) is 17.7. The van der Waals surface area contributed by atoms with E-state index in [1.165, 1.54) is 19.2 Å². The van der Waals surface area contributed by atoms with Gasteiger partial charge in [-0.1, -0.05) is 32.4 Å². The summed E-state index contributed by atoms with van der Waals surface area (Å²) in [6, 6.07) is 6.24. The third kappa shape index (κ3) is 5.47. The van der Waals surface area contributed by atoms with Gasteiger partial charge in [0.1, 0.15) is 0 Å². The van der Waals surface area contributed by atoms with Crippen LogP contribution in [0.2, 0.25) is 0 Å². The number of carbonyl (C=O) groups excluding carboxylic acids is 1. The number of nitrogens with one attached hydrogen (secondary N) is 1. The summed E-state index contributed by atoms with van der Waals surface area (Å²) in [5.74, 6) is -0.349. The number of hydrogen-bond acceptors (Lipinski definition) is 4. The lowest BCUT2D eigenvalue weighted by molar-refractivity contribution is -0.139. The quantitative estimate of drug-likeness (QED) is 0.747. The van der Waals surface area contributed by atoms with Crippen LogP contribution >= 0.6 is 0 Å². The van der Waals surface area contributed by atoms with Crippen molar-refractivity contribution in [2.75, 3.05) is 7.11 Å². The average molecular weight is 313 g/mol. The molecule has 1 N–H and O–H groups in total. The van der Waals surface area contributed by atoms with E-state index in [1.807, 2.05) is 13.8 Å². The van der Waals surface area contributed by atoms with Gasteiger partial charge < -0.3 is 4.74 Å². The molecule has 1 aromatic rings. The summed E-state index contributed by atoms with van der Waals surface area (Å²) >= 11 is 0. The van der Waals surface area contributed by atoms with E-state index in [4.69, 9.17) is 0 Å². The van der Waals surface area contributed by atoms with Crippen LogP contribution in [0.25, 0.3) is 0 Å². The maximum Gasteiger partial charge on any atom is 0.309 e. The van der Waals surface area contributed by atoms with Gasteiger partial charge in [0.25, 0.3) is 0 Å². The Bertz CT molecular complexity index is 552. The molecule has 0 amide bonds. The first-order valence-corrected chi connectivity index (χ1v) is 8.59. The van der Waals surface area contributed by atoms with Gasteiger partial charge in [0, 0.05) is 6.04 Å². The van der Waals surface area contributed by atoms with Crippen molar-refractivity contribution in [3.8, 4) is 0 Å². The summed E-state index contributed by atoms with van der Waals surface area (Å²) in [5.41, 5.74) is 0.724. The summed E-state index contributed by atoms with van der Waals surface area (Å²) < 4.78 is 31.8. The molecule has 0 aromatic heterocycles. The van der Waals surface area contributed by atoms with Crippen molar-refractivity contribution >= 4 is 16.0 Å². The fraction of sp³-hybridized carbons (Fsp3) is 0.533. The van der Waals surface area contributed by atoms with E-state index in [2.05, 4.69) is 9.46 Å². The first-order chi connectivity index (χ1) is 9.92. The lowest BCUT2D eigenvalue weighted by Crippen LogP contribution is -2.34. The van der Waals surface area contributed by atoms with E-state index in [0.717, 1.165) is 24.8 Å². The van der Waals surface area contributed by atoms with Crippen molar-refractivity contribution < 1.29 is 17.9 Å². The SMILES string of the molecule is CCCC(CC)NS(=O)(=O)c1ccc(CC(=O)OC)cc1. The maximum absolute atomic E-state index is 12.3. The van der Waals surface area contributed by atoms with E-state index >= 15 is 0 Å². The van der Waals surface area contributed by atoms with E-state index in [0.29, 0.717) is 0 Å². The normalized spacial score (nSPS) is 12.9. The van der Waals surface area contributed by atoms with Gasteiger partial charge in [-0.05, 0) is 30.5 Å². The first-order valence-electron chi connectivity index (χ1n) is 7.11. The highest BCUT2D eigenvalue weighted by atomic mass is 32.2. The summed E-state index contributed by atoms with van der Waals surface area (Å²) in [4.78, 5) is 11.4. The highest BCUT2D eigenvalue weighted by Crippen LogP contribution is 2.13. The summed E-state index contributed by atoms with van der Waals surface area (Å²) in [6.07, 6.45) is 2.64. The van der Waals surface area contributed by atoms with Crippen molar-refractivity contribution in [1.29, 1.82) is 0 Å². The molecule has 1 unspecified atom stereocenters. The molecule has 0 aliphatic carbocycles. The Labute approximate surface area is 126 Å². The van der Waals surface area contributed by atoms with Crippen LogP contribution < -0.4 is 4.72 Å². The zero-order valence-corrected chi connectivity index (χ0v) is 13.6. The molecule has 0 aliphatic heterocycles. The Kier molecular flexibility index (Phi) is 6.84. The molecule has 1 aromatic carbocycles. The monoisotopic (exact) mass is 313 g/mol. The fourth-order valence-electron chi connectivity index (χ4n) is 2.01. The fourth-order valence-corrected chi connectivity index (χ4v) is 3.36. The predicted octanol–water partition coefficient (Wildman–Crippen LogP) is 2.26. The van der Waals surface area contributed by atoms with Crippen molar-refractivity contribution in [2.24, 2.45) is 0 Å². The summed E-state index contributed by atoms with van der Waals surface area (Å²) in [5, 5.41) is 0. The minimum Gasteiger partial charge on any atom is -0.469 e. The molecule has 0 saturated carbocycles. The van der Waals surface area contributed by atoms with Crippen LogP contribution in [0.3, 0.4) is 0 Å². The molecule has 1 rings (SSSR count). The molecule has 0 saturated heterocycles. The molecule has 5 nitrogen and oxygen atoms in total. The highest BCUT2D eigenvalue weighted by molar-refractivity contribution is 7.89. The molecule has 6 heteroatoms. The largest absolute Gasteiger partial charge is 0.469 e. The molecular formula is C15H23NO4S. The van der Waals surface area contributed by atoms with Gasteiger partial charge in [0.2, 0.25) is 10.0 Å². The lowest BCUT2D eigenvalue weighted by Gasteiger charge is -2.16. The molecule has 0 heterocycles. The van der Waals surface area contributed by atoms with Gasteiger partial charge in [-0.15, -0.1) is 0 Å². The molecule has 0 bridgehead atoms. The zero-order valence-electron chi connectivity index (χ0n) is 12.8. The third-order valence-corrected chi connectivity index (χ3v) is 4.80. The Morgan fingerprint density at radius 3 is 2.33 bits per heavy atom. The molecule has 1 atom stereocenters. The second kappa shape index (κ2) is 8.14. The van der Waals surface area contributed by atoms with Crippen molar-refractivity contribution in [1.82, 2.24) is 4.72 Å². The van der Waals surface area contributed by atoms with Crippen molar-refractivity contribution in [3.05, 3.63) is 29.8 Å². The zero-order chi connectivity index (χ0) is 15.9. The molecule has 0 spiro atoms. The van der Waals surface area contributed by atoms with Crippen LogP contribution in [0.5, 0.6) is 0 Å². The van der Waals surface area contributed by atoms with Crippen molar-refractivity contribution in [3.63, 3.8) is 0 Å². The maximum atomic E-state index is 12.3. The Morgan fingerprint density at radius 1 is 1.24 bits per heavy atom. The Hall–Kier alpha value is -1.40. The number of hydrogen-bond donors (Lipinski definition) is 1. The smallest absolute Gasteiger partial charge is 0.309 e. The van der Waals surface area contributed by atoms with E-state index in [9.17, 15) is 13.2 Å². The van der Waals surface area contributed by atoms with Gasteiger partial charge in [-0.3, -0.25) is 4.79 Å². The van der Waals surface area contributed by atoms with E-state index in [-0.39, 0.29) is 23.3 Å². The minimum absolute atomic E-state index is 0.0465. The number of sulfonamides is 1. The second-order valence-corrected chi connectivity index (χ2v) is 6.63. The van der Waals surface area contributed by atoms with Crippen LogP contribution in [-0.2, 0) is 26.0 Å². The molecule has 0 radical (unpaired) electrons. The van der Waals surface area contributed by atoms with Crippen LogP contribution in [0, 0.1) is 0 Å². The topological polar surface area (TPSA) is 72.5 Å². The molecule has 21 heavy (non-hydrogen) atoms. The number of benzene rings is 1. The molecule has 0 fully saturated rings. The van der Waals surface area contributed by atoms with Gasteiger partial charge in [0.15, 0.2) is 0 Å². The van der Waals surface area contributed by atoms with Crippen LogP contribution in [-0.4, -0.2) is 27.5 Å². The van der Waals surface area contributed by atoms with Crippen molar-refractivity contribution in [2.45, 2.75) is 50.5 Å². The van der Waals surface area contributed by atoms with E-state index < -0.39 is 10.0 Å². The van der Waals surface area contributed by atoms with Crippen LogP contribution in [0.4, 0.5) is 0 Å². The Balaban J connectivity index is 2.82. The predicted molar refractivity (Wildman–Crippen MR) is 81.5 cm³/mol. The molecule has 0 aliphatic rings. The number of methoxy groups -OCH3 is 1. The van der Waals surface area contributed by atoms with Gasteiger partial charge in [-0.2, -0.15) is 0 Å². The summed E-state index contributed by atoms with van der Waals surface area (Å²) in [7, 11) is -2.19. The Morgan fingerprint density at radius 2 is 1.86 bits per heavy atom. The number of carbonyl (C=O) groups is 1. The summed E-state index contributed by atoms with van der Waals surface area (Å²) in [6.45, 7) is 3.99. The highest BCUT2D eigenvalue weighted by Gasteiger charge is 2.18. The number of rotatable bonds is 8. The van der Waals surface area contributed by atoms with E-state index in [1.54, 1.807) is 12.1 Å². The van der Waals surface area contributed by atoms with Gasteiger partial charge in [-0.25, -0.2) is 13.1 Å². The lowest BCUT2D eigenvalue weighted by atomic mass is 10.1. The standard InChI is InChI=1S/C15H23NO4S/c1-4-6-13(5-2)16-21(18,19)14-9-7-12(8-10-14)11-15(17)20-3/h7-10,13,16H,4-6,11H2,1-3H3. The number of esters is 1. The van der Waals surface area contributed by atoms with Gasteiger partial charge in [0.05, 0.1) is 18.4 Å².